The van der Waals surface area contributed by atoms with Crippen molar-refractivity contribution in [3.63, 3.8) is 0 Å². The first kappa shape index (κ1) is 26.7. The van der Waals surface area contributed by atoms with Gasteiger partial charge in [0.25, 0.3) is 11.1 Å². The Morgan fingerprint density at radius 1 is 1.11 bits per heavy atom. The quantitative estimate of drug-likeness (QED) is 0.395. The number of hydrogen-bond donors (Lipinski definition) is 1. The van der Waals surface area contributed by atoms with Gasteiger partial charge in [-0.1, -0.05) is 23.7 Å². The lowest BCUT2D eigenvalue weighted by Crippen LogP contribution is -2.41. The van der Waals surface area contributed by atoms with Crippen molar-refractivity contribution in [1.29, 1.82) is 0 Å². The summed E-state index contributed by atoms with van der Waals surface area (Å²) in [5.74, 6) is -0.460. The van der Waals surface area contributed by atoms with Crippen LogP contribution in [0, 0.1) is 0 Å². The predicted octanol–water partition coefficient (Wildman–Crippen LogP) is 5.25. The van der Waals surface area contributed by atoms with Gasteiger partial charge in [0, 0.05) is 17.0 Å². The lowest BCUT2D eigenvalue weighted by atomic mass is 10.1. The molecule has 2 fully saturated rings. The van der Waals surface area contributed by atoms with Gasteiger partial charge in [0.15, 0.2) is 0 Å². The fraction of sp³-hybridized carbons (Fsp3) is 0.346. The van der Waals surface area contributed by atoms with Crippen LogP contribution in [0.2, 0.25) is 5.02 Å². The third-order valence-electron chi connectivity index (χ3n) is 6.60. The maximum atomic E-state index is 13.5. The van der Waals surface area contributed by atoms with E-state index in [1.54, 1.807) is 24.3 Å². The summed E-state index contributed by atoms with van der Waals surface area (Å²) in [6.07, 6.45) is -0.0805. The Balaban J connectivity index is 1.32. The molecule has 3 heterocycles. The normalized spacial score (nSPS) is 18.9. The van der Waals surface area contributed by atoms with E-state index < -0.39 is 29.0 Å². The van der Waals surface area contributed by atoms with Crippen LogP contribution in [0.5, 0.6) is 0 Å². The Morgan fingerprint density at radius 3 is 2.61 bits per heavy atom. The molecule has 2 amide bonds. The maximum absolute atomic E-state index is 13.5. The number of hydrogen-bond acceptors (Lipinski definition) is 6. The number of benzene rings is 2. The summed E-state index contributed by atoms with van der Waals surface area (Å²) in [7, 11) is 0. The summed E-state index contributed by atoms with van der Waals surface area (Å²) in [4.78, 5) is 28.8. The van der Waals surface area contributed by atoms with Crippen LogP contribution in [-0.2, 0) is 17.5 Å². The van der Waals surface area contributed by atoms with Crippen LogP contribution in [0.15, 0.2) is 47.5 Å². The average molecular weight is 565 g/mol. The lowest BCUT2D eigenvalue weighted by Gasteiger charge is -2.22. The highest BCUT2D eigenvalue weighted by atomic mass is 35.5. The molecule has 0 bridgehead atoms. The highest BCUT2D eigenvalue weighted by Crippen LogP contribution is 2.35. The number of carbonyl (C=O) groups is 2. The fourth-order valence-electron chi connectivity index (χ4n) is 4.77. The highest BCUT2D eigenvalue weighted by Gasteiger charge is 2.37. The molecule has 1 N–H and O–H groups in total. The van der Waals surface area contributed by atoms with E-state index >= 15 is 0 Å². The highest BCUT2D eigenvalue weighted by molar-refractivity contribution is 8.18. The number of alkyl halides is 3. The summed E-state index contributed by atoms with van der Waals surface area (Å²) < 4.78 is 42.0. The van der Waals surface area contributed by atoms with E-state index in [0.29, 0.717) is 23.0 Å². The van der Waals surface area contributed by atoms with Crippen molar-refractivity contribution in [2.75, 3.05) is 26.2 Å². The number of likely N-dealkylation sites (tertiary alicyclic amines) is 1. The summed E-state index contributed by atoms with van der Waals surface area (Å²) >= 11 is 6.60. The number of halogens is 4. The number of carbonyl (C=O) groups excluding carboxylic acids is 2. The van der Waals surface area contributed by atoms with Gasteiger partial charge in [0.05, 0.1) is 41.4 Å². The van der Waals surface area contributed by atoms with Gasteiger partial charge in [-0.2, -0.15) is 18.3 Å². The van der Waals surface area contributed by atoms with E-state index in [-0.39, 0.29) is 28.6 Å². The smallest absolute Gasteiger partial charge is 0.390 e. The van der Waals surface area contributed by atoms with Crippen molar-refractivity contribution in [3.8, 4) is 0 Å². The molecule has 12 heteroatoms. The zero-order chi connectivity index (χ0) is 27.0. The average Bonchev–Trinajstić information content (AvgIpc) is 3.57. The molecule has 0 aliphatic carbocycles. The summed E-state index contributed by atoms with van der Waals surface area (Å²) in [6, 6.07) is 8.82. The van der Waals surface area contributed by atoms with Crippen LogP contribution in [0.4, 0.5) is 18.0 Å². The molecule has 5 rings (SSSR count). The van der Waals surface area contributed by atoms with Crippen molar-refractivity contribution in [1.82, 2.24) is 19.6 Å². The number of amides is 2. The molecule has 0 saturated carbocycles. The number of thioether (sulfide) groups is 1. The lowest BCUT2D eigenvalue weighted by molar-refractivity contribution is -0.138. The number of imide groups is 1. The molecule has 200 valence electrons. The van der Waals surface area contributed by atoms with Crippen LogP contribution in [0.3, 0.4) is 0 Å². The van der Waals surface area contributed by atoms with E-state index in [4.69, 9.17) is 11.6 Å². The standard InChI is InChI=1S/C26H24ClF3N4O3S/c27-19-5-4-17(21(11-19)26(28,29)30)13-34-22-6-3-16(9-18(22)12-31-34)10-23-24(36)33(25(37)38-23)15-20(35)14-32-7-1-2-8-32/h3-6,9-12,20,35H,1-2,7-8,13-15H2/t20-/m1/s1. The minimum absolute atomic E-state index is 0.00144. The van der Waals surface area contributed by atoms with Gasteiger partial charge < -0.3 is 10.0 Å². The Bertz CT molecular complexity index is 1420. The molecule has 2 aromatic carbocycles. The second kappa shape index (κ2) is 10.7. The van der Waals surface area contributed by atoms with Crippen molar-refractivity contribution in [2.24, 2.45) is 0 Å². The largest absolute Gasteiger partial charge is 0.416 e. The molecule has 2 saturated heterocycles. The third kappa shape index (κ3) is 5.75. The van der Waals surface area contributed by atoms with Crippen LogP contribution >= 0.6 is 23.4 Å². The Kier molecular flexibility index (Phi) is 7.54. The second-order valence-electron chi connectivity index (χ2n) is 9.37. The minimum Gasteiger partial charge on any atom is -0.390 e. The topological polar surface area (TPSA) is 78.7 Å². The third-order valence-corrected chi connectivity index (χ3v) is 7.74. The molecule has 0 spiro atoms. The van der Waals surface area contributed by atoms with Crippen molar-refractivity contribution in [3.05, 3.63) is 69.2 Å². The summed E-state index contributed by atoms with van der Waals surface area (Å²) in [5, 5.41) is 14.9. The molecule has 1 aromatic heterocycles. The van der Waals surface area contributed by atoms with Gasteiger partial charge in [0.2, 0.25) is 0 Å². The van der Waals surface area contributed by atoms with E-state index in [1.165, 1.54) is 23.0 Å². The van der Waals surface area contributed by atoms with Crippen LogP contribution < -0.4 is 0 Å². The van der Waals surface area contributed by atoms with Crippen LogP contribution in [0.1, 0.15) is 29.5 Å². The number of aliphatic hydroxyl groups is 1. The molecule has 7 nitrogen and oxygen atoms in total. The minimum atomic E-state index is -4.55. The Labute approximate surface area is 225 Å². The van der Waals surface area contributed by atoms with Crippen molar-refractivity contribution >= 4 is 51.5 Å². The molecule has 0 radical (unpaired) electrons. The monoisotopic (exact) mass is 564 g/mol. The maximum Gasteiger partial charge on any atom is 0.416 e. The molecule has 2 aliphatic rings. The molecular weight excluding hydrogens is 541 g/mol. The van der Waals surface area contributed by atoms with E-state index in [0.717, 1.165) is 48.7 Å². The first-order valence-electron chi connectivity index (χ1n) is 12.1. The summed E-state index contributed by atoms with van der Waals surface area (Å²) in [5.41, 5.74) is 0.481. The predicted molar refractivity (Wildman–Crippen MR) is 140 cm³/mol. The number of fused-ring (bicyclic) bond motifs is 1. The molecule has 38 heavy (non-hydrogen) atoms. The molecular formula is C26H24ClF3N4O3S. The number of aromatic nitrogens is 2. The zero-order valence-corrected chi connectivity index (χ0v) is 21.7. The van der Waals surface area contributed by atoms with Gasteiger partial charge in [0.1, 0.15) is 0 Å². The van der Waals surface area contributed by atoms with Crippen molar-refractivity contribution < 1.29 is 27.9 Å². The van der Waals surface area contributed by atoms with Gasteiger partial charge >= 0.3 is 6.18 Å². The van der Waals surface area contributed by atoms with E-state index in [2.05, 4.69) is 10.00 Å². The first-order chi connectivity index (χ1) is 18.1. The summed E-state index contributed by atoms with van der Waals surface area (Å²) in [6.45, 7) is 2.06. The SMILES string of the molecule is O=C1SC(=Cc2ccc3c(cnn3Cc3ccc(Cl)cc3C(F)(F)F)c2)C(=O)N1C[C@H](O)CN1CCCC1. The first-order valence-corrected chi connectivity index (χ1v) is 13.2. The number of rotatable bonds is 7. The molecule has 1 atom stereocenters. The number of β-amino-alcohol motifs (C(OH)–C–C–N with tert-alkyl or cyclic N) is 1. The van der Waals surface area contributed by atoms with Gasteiger partial charge in [-0.05, 0) is 79.2 Å². The number of aliphatic hydroxyl groups excluding tert-OH is 1. The van der Waals surface area contributed by atoms with Crippen LogP contribution in [0.25, 0.3) is 17.0 Å². The van der Waals surface area contributed by atoms with Gasteiger partial charge in [-0.15, -0.1) is 0 Å². The molecule has 3 aromatic rings. The van der Waals surface area contributed by atoms with E-state index in [9.17, 15) is 27.9 Å². The van der Waals surface area contributed by atoms with Gasteiger partial charge in [-0.25, -0.2) is 0 Å². The Morgan fingerprint density at radius 2 is 1.87 bits per heavy atom. The molecule has 0 unspecified atom stereocenters. The Hall–Kier alpha value is -2.86. The van der Waals surface area contributed by atoms with E-state index in [1.807, 2.05) is 0 Å². The number of nitrogens with zero attached hydrogens (tertiary/aromatic N) is 4. The second-order valence-corrected chi connectivity index (χ2v) is 10.8. The zero-order valence-electron chi connectivity index (χ0n) is 20.1. The van der Waals surface area contributed by atoms with Gasteiger partial charge in [-0.3, -0.25) is 19.2 Å². The van der Waals surface area contributed by atoms with Crippen molar-refractivity contribution in [2.45, 2.75) is 31.7 Å². The molecule has 2 aliphatic heterocycles. The fourth-order valence-corrected chi connectivity index (χ4v) is 5.79. The van der Waals surface area contributed by atoms with Crippen LogP contribution in [-0.4, -0.2) is 68.1 Å².